The Labute approximate surface area is 115 Å². The first kappa shape index (κ1) is 14.6. The molecule has 108 valence electrons. The second-order valence-electron chi connectivity index (χ2n) is 5.23. The van der Waals surface area contributed by atoms with E-state index in [0.29, 0.717) is 11.4 Å². The molecule has 0 radical (unpaired) electrons. The fraction of sp³-hybridized carbons (Fsp3) is 0.692. The maximum atomic E-state index is 12.3. The third-order valence-corrected chi connectivity index (χ3v) is 5.49. The molecule has 3 N–H and O–H groups in total. The van der Waals surface area contributed by atoms with E-state index in [4.69, 9.17) is 0 Å². The predicted molar refractivity (Wildman–Crippen MR) is 75.4 cm³/mol. The van der Waals surface area contributed by atoms with Gasteiger partial charge in [0.2, 0.25) is 10.0 Å². The molecule has 5 nitrogen and oxygen atoms in total. The lowest BCUT2D eigenvalue weighted by molar-refractivity contribution is 0.214. The van der Waals surface area contributed by atoms with Gasteiger partial charge < -0.3 is 10.3 Å². The molecule has 0 bridgehead atoms. The van der Waals surface area contributed by atoms with E-state index >= 15 is 0 Å². The molecule has 0 aliphatic heterocycles. The smallest absolute Gasteiger partial charge is 0.242 e. The van der Waals surface area contributed by atoms with Crippen molar-refractivity contribution in [3.05, 3.63) is 18.0 Å². The summed E-state index contributed by atoms with van der Waals surface area (Å²) in [5.41, 5.74) is 0.680. The highest BCUT2D eigenvalue weighted by Crippen LogP contribution is 2.36. The first-order valence-electron chi connectivity index (χ1n) is 6.93. The Morgan fingerprint density at radius 1 is 1.37 bits per heavy atom. The van der Waals surface area contributed by atoms with Crippen LogP contribution < -0.4 is 10.0 Å². The van der Waals surface area contributed by atoms with Gasteiger partial charge in [-0.2, -0.15) is 0 Å². The number of rotatable bonds is 7. The van der Waals surface area contributed by atoms with Crippen LogP contribution in [0.25, 0.3) is 0 Å². The summed E-state index contributed by atoms with van der Waals surface area (Å²) in [5, 5.41) is 3.16. The summed E-state index contributed by atoms with van der Waals surface area (Å²) in [6.07, 6.45) is 5.40. The lowest BCUT2D eigenvalue weighted by Crippen LogP contribution is -2.52. The number of aromatic amines is 1. The number of H-pyrrole nitrogens is 1. The van der Waals surface area contributed by atoms with Gasteiger partial charge in [0.15, 0.2) is 0 Å². The highest BCUT2D eigenvalue weighted by Gasteiger charge is 2.39. The molecule has 0 unspecified atom stereocenters. The minimum atomic E-state index is -3.40. The maximum Gasteiger partial charge on any atom is 0.242 e. The Morgan fingerprint density at radius 2 is 2.11 bits per heavy atom. The maximum absolute atomic E-state index is 12.3. The molecular weight excluding hydrogens is 262 g/mol. The molecule has 19 heavy (non-hydrogen) atoms. The van der Waals surface area contributed by atoms with Crippen molar-refractivity contribution in [3.63, 3.8) is 0 Å². The molecule has 2 rings (SSSR count). The molecule has 1 aliphatic carbocycles. The molecule has 0 amide bonds. The zero-order valence-electron chi connectivity index (χ0n) is 11.6. The minimum absolute atomic E-state index is 0.210. The number of aromatic nitrogens is 1. The fourth-order valence-electron chi connectivity index (χ4n) is 2.41. The minimum Gasteiger partial charge on any atom is -0.363 e. The van der Waals surface area contributed by atoms with Crippen LogP contribution in [0.5, 0.6) is 0 Å². The van der Waals surface area contributed by atoms with Crippen LogP contribution in [0.2, 0.25) is 0 Å². The van der Waals surface area contributed by atoms with Gasteiger partial charge in [-0.05, 0) is 38.3 Å². The average Bonchev–Trinajstić information content (AvgIpc) is 2.81. The van der Waals surface area contributed by atoms with Crippen molar-refractivity contribution in [1.29, 1.82) is 0 Å². The van der Waals surface area contributed by atoms with Gasteiger partial charge in [0.05, 0.1) is 4.90 Å². The van der Waals surface area contributed by atoms with E-state index in [9.17, 15) is 8.42 Å². The highest BCUT2D eigenvalue weighted by molar-refractivity contribution is 7.89. The van der Waals surface area contributed by atoms with E-state index in [1.165, 1.54) is 0 Å². The Morgan fingerprint density at radius 3 is 2.63 bits per heavy atom. The van der Waals surface area contributed by atoms with E-state index in [0.717, 1.165) is 37.9 Å². The second-order valence-corrected chi connectivity index (χ2v) is 6.92. The van der Waals surface area contributed by atoms with Crippen molar-refractivity contribution in [1.82, 2.24) is 15.0 Å². The molecule has 0 spiro atoms. The lowest BCUT2D eigenvalue weighted by Gasteiger charge is -2.41. The van der Waals surface area contributed by atoms with Crippen LogP contribution >= 0.6 is 0 Å². The van der Waals surface area contributed by atoms with Gasteiger partial charge >= 0.3 is 0 Å². The van der Waals surface area contributed by atoms with Crippen LogP contribution in [0.15, 0.2) is 17.2 Å². The molecule has 6 heteroatoms. The van der Waals surface area contributed by atoms with Crippen molar-refractivity contribution >= 4 is 10.0 Å². The van der Waals surface area contributed by atoms with Gasteiger partial charge in [-0.25, -0.2) is 13.1 Å². The van der Waals surface area contributed by atoms with Gasteiger partial charge in [-0.1, -0.05) is 13.8 Å². The van der Waals surface area contributed by atoms with Crippen LogP contribution in [0.4, 0.5) is 0 Å². The summed E-state index contributed by atoms with van der Waals surface area (Å²) >= 11 is 0. The number of hydrogen-bond donors (Lipinski definition) is 3. The summed E-state index contributed by atoms with van der Waals surface area (Å²) in [4.78, 5) is 3.34. The third-order valence-electron chi connectivity index (χ3n) is 3.93. The number of nitrogens with one attached hydrogen (secondary N) is 3. The monoisotopic (exact) mass is 285 g/mol. The summed E-state index contributed by atoms with van der Waals surface area (Å²) in [6, 6.07) is 1.70. The number of hydrogen-bond acceptors (Lipinski definition) is 3. The Hall–Kier alpha value is -0.850. The SMILES string of the molecule is CCNCc1cc(S(=O)(=O)NC2(CC)CCC2)c[nH]1. The Kier molecular flexibility index (Phi) is 4.32. The molecule has 1 fully saturated rings. The van der Waals surface area contributed by atoms with Crippen molar-refractivity contribution in [2.45, 2.75) is 56.5 Å². The molecule has 1 aromatic rings. The average molecular weight is 285 g/mol. The van der Waals surface area contributed by atoms with E-state index < -0.39 is 10.0 Å². The standard InChI is InChI=1S/C13H23N3O2S/c1-3-13(6-5-7-13)16-19(17,18)12-8-11(15-10-12)9-14-4-2/h8,10,14-16H,3-7,9H2,1-2H3. The lowest BCUT2D eigenvalue weighted by atomic mass is 9.76. The van der Waals surface area contributed by atoms with Crippen LogP contribution in [0.3, 0.4) is 0 Å². The highest BCUT2D eigenvalue weighted by atomic mass is 32.2. The van der Waals surface area contributed by atoms with Crippen molar-refractivity contribution in [2.75, 3.05) is 6.54 Å². The fourth-order valence-corrected chi connectivity index (χ4v) is 3.96. The topological polar surface area (TPSA) is 74.0 Å². The summed E-state index contributed by atoms with van der Waals surface area (Å²) < 4.78 is 27.5. The van der Waals surface area contributed by atoms with Crippen LogP contribution in [0, 0.1) is 0 Å². The quantitative estimate of drug-likeness (QED) is 0.714. The van der Waals surface area contributed by atoms with Gasteiger partial charge in [-0.15, -0.1) is 0 Å². The van der Waals surface area contributed by atoms with Gasteiger partial charge in [0.1, 0.15) is 0 Å². The van der Waals surface area contributed by atoms with Gasteiger partial charge in [-0.3, -0.25) is 0 Å². The van der Waals surface area contributed by atoms with Crippen molar-refractivity contribution < 1.29 is 8.42 Å². The van der Waals surface area contributed by atoms with E-state index in [1.54, 1.807) is 12.3 Å². The van der Waals surface area contributed by atoms with Crippen LogP contribution in [-0.4, -0.2) is 25.5 Å². The van der Waals surface area contributed by atoms with Crippen LogP contribution in [0.1, 0.15) is 45.2 Å². The molecule has 0 aromatic carbocycles. The normalized spacial score (nSPS) is 18.2. The van der Waals surface area contributed by atoms with E-state index in [1.807, 2.05) is 13.8 Å². The van der Waals surface area contributed by atoms with Gasteiger partial charge in [0, 0.05) is 24.0 Å². The zero-order valence-corrected chi connectivity index (χ0v) is 12.4. The molecule has 0 atom stereocenters. The van der Waals surface area contributed by atoms with Gasteiger partial charge in [0.25, 0.3) is 0 Å². The molecule has 1 saturated carbocycles. The van der Waals surface area contributed by atoms with Crippen molar-refractivity contribution in [2.24, 2.45) is 0 Å². The number of sulfonamides is 1. The molecule has 0 saturated heterocycles. The van der Waals surface area contributed by atoms with E-state index in [2.05, 4.69) is 15.0 Å². The first-order chi connectivity index (χ1) is 9.01. The summed E-state index contributed by atoms with van der Waals surface area (Å²) in [7, 11) is -3.40. The largest absolute Gasteiger partial charge is 0.363 e. The summed E-state index contributed by atoms with van der Waals surface area (Å²) in [6.45, 7) is 5.57. The second kappa shape index (κ2) is 5.64. The zero-order chi connectivity index (χ0) is 13.9. The molecule has 1 heterocycles. The molecule has 1 aromatic heterocycles. The molecular formula is C13H23N3O2S. The Bertz CT molecular complexity index is 512. The molecule has 1 aliphatic rings. The predicted octanol–water partition coefficient (Wildman–Crippen LogP) is 1.74. The third kappa shape index (κ3) is 3.19. The Balaban J connectivity index is 2.08. The summed E-state index contributed by atoms with van der Waals surface area (Å²) in [5.74, 6) is 0. The van der Waals surface area contributed by atoms with E-state index in [-0.39, 0.29) is 5.54 Å². The van der Waals surface area contributed by atoms with Crippen LogP contribution in [-0.2, 0) is 16.6 Å². The first-order valence-corrected chi connectivity index (χ1v) is 8.41. The van der Waals surface area contributed by atoms with Crippen molar-refractivity contribution in [3.8, 4) is 0 Å².